The number of carbonyl (C=O) groups excluding carboxylic acids is 2. The zero-order valence-electron chi connectivity index (χ0n) is 19.3. The predicted octanol–water partition coefficient (Wildman–Crippen LogP) is 6.05. The van der Waals surface area contributed by atoms with Gasteiger partial charge in [0.15, 0.2) is 0 Å². The van der Waals surface area contributed by atoms with Crippen LogP contribution in [0.4, 0.5) is 0 Å². The van der Waals surface area contributed by atoms with Crippen LogP contribution < -0.4 is 0 Å². The number of Topliss-reactive ketones (excluding diaryl/α,β-unsaturated/α-hetero) is 1. The summed E-state index contributed by atoms with van der Waals surface area (Å²) in [6.45, 7) is 9.54. The number of rotatable bonds is 4. The Balaban J connectivity index is 1.54. The monoisotopic (exact) mass is 402 g/mol. The zero-order valence-corrected chi connectivity index (χ0v) is 19.3. The number of methoxy groups -OCH3 is 1. The lowest BCUT2D eigenvalue weighted by atomic mass is 9.43. The summed E-state index contributed by atoms with van der Waals surface area (Å²) < 4.78 is 4.85. The number of ketones is 1. The van der Waals surface area contributed by atoms with Gasteiger partial charge in [-0.15, -0.1) is 0 Å². The summed E-state index contributed by atoms with van der Waals surface area (Å²) in [6.07, 6.45) is 11.3. The van der Waals surface area contributed by atoms with Gasteiger partial charge >= 0.3 is 5.97 Å². The van der Waals surface area contributed by atoms with Gasteiger partial charge in [-0.3, -0.25) is 9.59 Å². The van der Waals surface area contributed by atoms with Gasteiger partial charge in [0.05, 0.1) is 7.11 Å². The van der Waals surface area contributed by atoms with Gasteiger partial charge < -0.3 is 4.74 Å². The third kappa shape index (κ3) is 3.30. The molecule has 4 aliphatic carbocycles. The minimum Gasteiger partial charge on any atom is -0.469 e. The van der Waals surface area contributed by atoms with Crippen molar-refractivity contribution in [1.29, 1.82) is 0 Å². The Morgan fingerprint density at radius 2 is 1.90 bits per heavy atom. The topological polar surface area (TPSA) is 43.4 Å². The highest BCUT2D eigenvalue weighted by molar-refractivity contribution is 5.87. The smallest absolute Gasteiger partial charge is 0.305 e. The average molecular weight is 403 g/mol. The molecule has 4 aliphatic rings. The molecule has 29 heavy (non-hydrogen) atoms. The third-order valence-corrected chi connectivity index (χ3v) is 10.6. The molecular formula is C26H42O3. The highest BCUT2D eigenvalue weighted by Gasteiger charge is 2.63. The SMILES string of the molecule is COC(=O)CC[C@@H](C)C1CCC2C3CC[C@@H]4C[C@H](C)CC[C@]4(C)C3CC(=O)[C@@]21C. The van der Waals surface area contributed by atoms with Gasteiger partial charge in [-0.2, -0.15) is 0 Å². The Morgan fingerprint density at radius 1 is 1.14 bits per heavy atom. The van der Waals surface area contributed by atoms with Crippen molar-refractivity contribution in [3.8, 4) is 0 Å². The van der Waals surface area contributed by atoms with Crippen LogP contribution in [-0.4, -0.2) is 18.9 Å². The summed E-state index contributed by atoms with van der Waals surface area (Å²) >= 11 is 0. The minimum atomic E-state index is -0.165. The normalized spacial score (nSPS) is 47.7. The van der Waals surface area contributed by atoms with E-state index in [0.29, 0.717) is 41.3 Å². The molecule has 9 atom stereocenters. The molecular weight excluding hydrogens is 360 g/mol. The number of hydrogen-bond donors (Lipinski definition) is 0. The molecule has 3 nitrogen and oxygen atoms in total. The lowest BCUT2D eigenvalue weighted by Crippen LogP contribution is -2.57. The van der Waals surface area contributed by atoms with Crippen LogP contribution in [-0.2, 0) is 14.3 Å². The predicted molar refractivity (Wildman–Crippen MR) is 115 cm³/mol. The molecule has 0 aromatic rings. The van der Waals surface area contributed by atoms with E-state index in [1.165, 1.54) is 45.6 Å². The first-order valence-corrected chi connectivity index (χ1v) is 12.3. The van der Waals surface area contributed by atoms with E-state index in [0.717, 1.165) is 37.0 Å². The van der Waals surface area contributed by atoms with Crippen LogP contribution >= 0.6 is 0 Å². The highest BCUT2D eigenvalue weighted by atomic mass is 16.5. The molecule has 4 fully saturated rings. The van der Waals surface area contributed by atoms with Crippen molar-refractivity contribution in [1.82, 2.24) is 0 Å². The first kappa shape index (κ1) is 21.4. The van der Waals surface area contributed by atoms with E-state index < -0.39 is 0 Å². The van der Waals surface area contributed by atoms with Crippen molar-refractivity contribution in [3.05, 3.63) is 0 Å². The van der Waals surface area contributed by atoms with E-state index >= 15 is 0 Å². The Labute approximate surface area is 177 Å². The second-order valence-corrected chi connectivity index (χ2v) is 11.7. The Bertz CT molecular complexity index is 656. The molecule has 3 heteroatoms. The Hall–Kier alpha value is -0.860. The number of carbonyl (C=O) groups is 2. The maximum atomic E-state index is 13.8. The second-order valence-electron chi connectivity index (χ2n) is 11.7. The number of fused-ring (bicyclic) bond motifs is 5. The standard InChI is InChI=1S/C26H42O3/c1-16-12-13-25(3)18(14-16)7-8-19-21-10-9-20(17(2)6-11-24(28)29-5)26(21,4)23(27)15-22(19)25/h16-22H,6-15H2,1-5H3/t16-,17-,18-,19?,20?,21?,22?,25+,26-/m1/s1. The largest absolute Gasteiger partial charge is 0.469 e. The van der Waals surface area contributed by atoms with Crippen LogP contribution in [0, 0.1) is 52.3 Å². The zero-order chi connectivity index (χ0) is 21.0. The molecule has 0 amide bonds. The summed E-state index contributed by atoms with van der Waals surface area (Å²) in [5.74, 6) is 4.89. The van der Waals surface area contributed by atoms with Crippen LogP contribution in [0.3, 0.4) is 0 Å². The fourth-order valence-corrected chi connectivity index (χ4v) is 8.77. The molecule has 0 spiro atoms. The van der Waals surface area contributed by atoms with Crippen molar-refractivity contribution in [3.63, 3.8) is 0 Å². The quantitative estimate of drug-likeness (QED) is 0.538. The van der Waals surface area contributed by atoms with Crippen LogP contribution in [0.2, 0.25) is 0 Å². The average Bonchev–Trinajstić information content (AvgIpc) is 3.06. The van der Waals surface area contributed by atoms with Crippen LogP contribution in [0.5, 0.6) is 0 Å². The molecule has 4 unspecified atom stereocenters. The Morgan fingerprint density at radius 3 is 2.62 bits per heavy atom. The van der Waals surface area contributed by atoms with Gasteiger partial charge in [-0.05, 0) is 91.8 Å². The molecule has 0 aliphatic heterocycles. The molecule has 0 radical (unpaired) electrons. The van der Waals surface area contributed by atoms with Crippen molar-refractivity contribution >= 4 is 11.8 Å². The van der Waals surface area contributed by atoms with Gasteiger partial charge in [0, 0.05) is 18.3 Å². The van der Waals surface area contributed by atoms with Crippen LogP contribution in [0.25, 0.3) is 0 Å². The van der Waals surface area contributed by atoms with E-state index in [1.807, 2.05) is 0 Å². The van der Waals surface area contributed by atoms with E-state index in [1.54, 1.807) is 0 Å². The summed E-state index contributed by atoms with van der Waals surface area (Å²) in [4.78, 5) is 25.4. The highest BCUT2D eigenvalue weighted by Crippen LogP contribution is 2.67. The van der Waals surface area contributed by atoms with Gasteiger partial charge in [-0.1, -0.05) is 34.1 Å². The summed E-state index contributed by atoms with van der Waals surface area (Å²) in [5, 5.41) is 0. The van der Waals surface area contributed by atoms with Gasteiger partial charge in [0.2, 0.25) is 0 Å². The van der Waals surface area contributed by atoms with Crippen molar-refractivity contribution in [2.24, 2.45) is 52.3 Å². The Kier molecular flexibility index (Phi) is 5.66. The van der Waals surface area contributed by atoms with E-state index in [4.69, 9.17) is 4.74 Å². The lowest BCUT2D eigenvalue weighted by molar-refractivity contribution is -0.158. The molecule has 0 heterocycles. The summed E-state index contributed by atoms with van der Waals surface area (Å²) in [7, 11) is 1.47. The molecule has 0 bridgehead atoms. The number of esters is 1. The fraction of sp³-hybridized carbons (Fsp3) is 0.923. The van der Waals surface area contributed by atoms with Gasteiger partial charge in [-0.25, -0.2) is 0 Å². The maximum absolute atomic E-state index is 13.8. The first-order chi connectivity index (χ1) is 13.7. The van der Waals surface area contributed by atoms with Crippen molar-refractivity contribution < 1.29 is 14.3 Å². The van der Waals surface area contributed by atoms with E-state index in [-0.39, 0.29) is 11.4 Å². The number of hydrogen-bond acceptors (Lipinski definition) is 3. The molecule has 0 N–H and O–H groups in total. The van der Waals surface area contributed by atoms with Crippen molar-refractivity contribution in [2.45, 2.75) is 91.9 Å². The van der Waals surface area contributed by atoms with Gasteiger partial charge in [0.1, 0.15) is 5.78 Å². The fourth-order valence-electron chi connectivity index (χ4n) is 8.77. The molecule has 0 saturated heterocycles. The second kappa shape index (κ2) is 7.68. The molecule has 4 saturated carbocycles. The lowest BCUT2D eigenvalue weighted by Gasteiger charge is -2.60. The van der Waals surface area contributed by atoms with E-state index in [9.17, 15) is 9.59 Å². The van der Waals surface area contributed by atoms with Crippen LogP contribution in [0.15, 0.2) is 0 Å². The van der Waals surface area contributed by atoms with Gasteiger partial charge in [0.25, 0.3) is 0 Å². The third-order valence-electron chi connectivity index (χ3n) is 10.6. The molecule has 4 rings (SSSR count). The first-order valence-electron chi connectivity index (χ1n) is 12.3. The minimum absolute atomic E-state index is 0.121. The molecule has 0 aromatic carbocycles. The van der Waals surface area contributed by atoms with E-state index in [2.05, 4.69) is 27.7 Å². The molecule has 164 valence electrons. The molecule has 0 aromatic heterocycles. The maximum Gasteiger partial charge on any atom is 0.305 e. The van der Waals surface area contributed by atoms with Crippen molar-refractivity contribution in [2.75, 3.05) is 7.11 Å². The van der Waals surface area contributed by atoms with Crippen LogP contribution in [0.1, 0.15) is 91.9 Å². The number of ether oxygens (including phenoxy) is 1. The summed E-state index contributed by atoms with van der Waals surface area (Å²) in [5.41, 5.74) is 0.225. The summed E-state index contributed by atoms with van der Waals surface area (Å²) in [6, 6.07) is 0.